The van der Waals surface area contributed by atoms with E-state index in [0.29, 0.717) is 19.6 Å². The maximum absolute atomic E-state index is 12.4. The molecule has 2 rings (SSSR count). The molecule has 1 unspecified atom stereocenters. The zero-order valence-corrected chi connectivity index (χ0v) is 17.9. The fraction of sp³-hybridized carbons (Fsp3) is 0.571. The monoisotopic (exact) mass is 420 g/mol. The quantitative estimate of drug-likeness (QED) is 0.626. The zero-order valence-electron chi connectivity index (χ0n) is 17.9. The number of benzene rings is 1. The summed E-state index contributed by atoms with van der Waals surface area (Å²) in [6, 6.07) is 8.17. The molecule has 1 aliphatic heterocycles. The minimum absolute atomic E-state index is 0.308. The first-order chi connectivity index (χ1) is 14.0. The number of esters is 2. The van der Waals surface area contributed by atoms with Gasteiger partial charge in [-0.1, -0.05) is 30.3 Å². The summed E-state index contributed by atoms with van der Waals surface area (Å²) < 4.78 is 10.6. The van der Waals surface area contributed by atoms with Crippen molar-refractivity contribution >= 4 is 18.0 Å². The molecule has 0 spiro atoms. The minimum Gasteiger partial charge on any atom is -0.460 e. The van der Waals surface area contributed by atoms with E-state index in [2.05, 4.69) is 4.90 Å². The van der Waals surface area contributed by atoms with Crippen LogP contribution in [0.3, 0.4) is 0 Å². The number of nitrogens with two attached hydrogens (primary N) is 2. The van der Waals surface area contributed by atoms with Gasteiger partial charge >= 0.3 is 18.0 Å². The molecule has 0 bridgehead atoms. The van der Waals surface area contributed by atoms with Gasteiger partial charge in [-0.2, -0.15) is 0 Å². The van der Waals surface area contributed by atoms with Crippen molar-refractivity contribution in [2.75, 3.05) is 26.2 Å². The van der Waals surface area contributed by atoms with Crippen LogP contribution in [-0.4, -0.2) is 71.8 Å². The highest BCUT2D eigenvalue weighted by molar-refractivity contribution is 5.83. The first-order valence-electron chi connectivity index (χ1n) is 10.1. The third kappa shape index (κ3) is 7.64. The average molecular weight is 421 g/mol. The van der Waals surface area contributed by atoms with E-state index in [1.165, 1.54) is 10.5 Å². The van der Waals surface area contributed by atoms with E-state index in [-0.39, 0.29) is 6.42 Å². The van der Waals surface area contributed by atoms with E-state index in [9.17, 15) is 14.4 Å². The smallest absolute Gasteiger partial charge is 0.325 e. The Morgan fingerprint density at radius 2 is 1.83 bits per heavy atom. The molecule has 1 saturated heterocycles. The lowest BCUT2D eigenvalue weighted by atomic mass is 10.1. The van der Waals surface area contributed by atoms with Gasteiger partial charge in [0, 0.05) is 19.6 Å². The average Bonchev–Trinajstić information content (AvgIpc) is 2.65. The van der Waals surface area contributed by atoms with Crippen molar-refractivity contribution in [1.82, 2.24) is 9.80 Å². The van der Waals surface area contributed by atoms with Crippen LogP contribution >= 0.6 is 0 Å². The highest BCUT2D eigenvalue weighted by Gasteiger charge is 2.34. The third-order valence-electron chi connectivity index (χ3n) is 4.62. The van der Waals surface area contributed by atoms with E-state index in [1.807, 2.05) is 30.3 Å². The van der Waals surface area contributed by atoms with E-state index in [4.69, 9.17) is 20.9 Å². The van der Waals surface area contributed by atoms with Gasteiger partial charge in [-0.15, -0.1) is 0 Å². The molecular formula is C21H32N4O5. The molecule has 9 nitrogen and oxygen atoms in total. The summed E-state index contributed by atoms with van der Waals surface area (Å²) in [5, 5.41) is 0. The lowest BCUT2D eigenvalue weighted by Crippen LogP contribution is -2.59. The lowest BCUT2D eigenvalue weighted by Gasteiger charge is -2.40. The Morgan fingerprint density at radius 3 is 2.43 bits per heavy atom. The van der Waals surface area contributed by atoms with Crippen LogP contribution in [0.4, 0.5) is 4.79 Å². The normalized spacial score (nSPS) is 18.5. The van der Waals surface area contributed by atoms with E-state index < -0.39 is 35.8 Å². The Morgan fingerprint density at radius 1 is 1.17 bits per heavy atom. The number of piperazine rings is 1. The number of rotatable bonds is 7. The maximum Gasteiger partial charge on any atom is 0.325 e. The van der Waals surface area contributed by atoms with Crippen LogP contribution in [-0.2, 0) is 25.5 Å². The molecule has 2 atom stereocenters. The van der Waals surface area contributed by atoms with Crippen molar-refractivity contribution < 1.29 is 23.9 Å². The molecule has 9 heteroatoms. The number of nitrogens with zero attached hydrogens (tertiary/aromatic N) is 2. The van der Waals surface area contributed by atoms with Gasteiger partial charge in [-0.05, 0) is 32.8 Å². The third-order valence-corrected chi connectivity index (χ3v) is 4.62. The van der Waals surface area contributed by atoms with Gasteiger partial charge in [0.25, 0.3) is 0 Å². The summed E-state index contributed by atoms with van der Waals surface area (Å²) in [7, 11) is 0. The number of hydrogen-bond donors (Lipinski definition) is 2. The number of primary amides is 1. The molecule has 1 aliphatic rings. The fourth-order valence-electron chi connectivity index (χ4n) is 3.16. The molecule has 166 valence electrons. The zero-order chi connectivity index (χ0) is 22.3. The molecule has 0 saturated carbocycles. The van der Waals surface area contributed by atoms with Crippen LogP contribution in [0.2, 0.25) is 0 Å². The van der Waals surface area contributed by atoms with Crippen LogP contribution in [0.5, 0.6) is 0 Å². The summed E-state index contributed by atoms with van der Waals surface area (Å²) in [6.45, 7) is 7.20. The number of carbonyl (C=O) groups excluding carboxylic acids is 3. The molecule has 1 aromatic carbocycles. The Bertz CT molecular complexity index is 735. The Hall–Kier alpha value is -2.65. The Labute approximate surface area is 177 Å². The van der Waals surface area contributed by atoms with Gasteiger partial charge < -0.3 is 20.9 Å². The predicted octanol–water partition coefficient (Wildman–Crippen LogP) is 0.854. The summed E-state index contributed by atoms with van der Waals surface area (Å²) in [5.41, 5.74) is 11.8. The van der Waals surface area contributed by atoms with Crippen molar-refractivity contribution in [2.45, 2.75) is 51.5 Å². The van der Waals surface area contributed by atoms with Crippen LogP contribution in [0.25, 0.3) is 0 Å². The SMILES string of the molecule is CC(C)(C)OC(=O)C[C@H](N)C(=O)OC1CN(CCc2ccccc2)CCN1C(N)=O. The topological polar surface area (TPSA) is 128 Å². The molecule has 4 N–H and O–H groups in total. The molecular weight excluding hydrogens is 388 g/mol. The number of ether oxygens (including phenoxy) is 2. The van der Waals surface area contributed by atoms with E-state index >= 15 is 0 Å². The van der Waals surface area contributed by atoms with Gasteiger partial charge in [0.15, 0.2) is 6.23 Å². The highest BCUT2D eigenvalue weighted by Crippen LogP contribution is 2.14. The van der Waals surface area contributed by atoms with E-state index in [1.54, 1.807) is 20.8 Å². The molecule has 1 fully saturated rings. The van der Waals surface area contributed by atoms with Crippen LogP contribution in [0.15, 0.2) is 30.3 Å². The van der Waals surface area contributed by atoms with Crippen molar-refractivity contribution in [3.63, 3.8) is 0 Å². The van der Waals surface area contributed by atoms with Crippen LogP contribution in [0, 0.1) is 0 Å². The standard InChI is InChI=1S/C21H32N4O5/c1-21(2,3)30-18(26)13-16(22)19(27)29-17-14-24(11-12-25(17)20(23)28)10-9-15-7-5-4-6-8-15/h4-8,16-17H,9-14,22H2,1-3H3,(H2,23,28)/t16-,17?/m0/s1. The Kier molecular flexibility index (Phi) is 8.19. The van der Waals surface area contributed by atoms with Gasteiger partial charge in [0.05, 0.1) is 13.0 Å². The number of hydrogen-bond acceptors (Lipinski definition) is 7. The van der Waals surface area contributed by atoms with Crippen LogP contribution < -0.4 is 11.5 Å². The second kappa shape index (κ2) is 10.4. The predicted molar refractivity (Wildman–Crippen MR) is 111 cm³/mol. The van der Waals surface area contributed by atoms with Crippen molar-refractivity contribution in [3.8, 4) is 0 Å². The molecule has 0 radical (unpaired) electrons. The van der Waals surface area contributed by atoms with Crippen molar-refractivity contribution in [2.24, 2.45) is 11.5 Å². The van der Waals surface area contributed by atoms with Gasteiger partial charge in [-0.3, -0.25) is 19.4 Å². The second-order valence-electron chi connectivity index (χ2n) is 8.36. The van der Waals surface area contributed by atoms with Crippen LogP contribution in [0.1, 0.15) is 32.8 Å². The molecule has 0 aliphatic carbocycles. The second-order valence-corrected chi connectivity index (χ2v) is 8.36. The van der Waals surface area contributed by atoms with Gasteiger partial charge in [0.1, 0.15) is 11.6 Å². The van der Waals surface area contributed by atoms with Crippen molar-refractivity contribution in [1.29, 1.82) is 0 Å². The summed E-state index contributed by atoms with van der Waals surface area (Å²) >= 11 is 0. The number of urea groups is 1. The molecule has 1 aromatic rings. The summed E-state index contributed by atoms with van der Waals surface area (Å²) in [5.74, 6) is -1.37. The highest BCUT2D eigenvalue weighted by atomic mass is 16.6. The minimum atomic E-state index is -1.19. The van der Waals surface area contributed by atoms with E-state index in [0.717, 1.165) is 13.0 Å². The number of carbonyl (C=O) groups is 3. The van der Waals surface area contributed by atoms with Crippen molar-refractivity contribution in [3.05, 3.63) is 35.9 Å². The summed E-state index contributed by atoms with van der Waals surface area (Å²) in [6.07, 6.45) is -0.336. The summed E-state index contributed by atoms with van der Waals surface area (Å²) in [4.78, 5) is 39.5. The molecule has 0 aromatic heterocycles. The Balaban J connectivity index is 1.92. The number of amides is 2. The molecule has 30 heavy (non-hydrogen) atoms. The lowest BCUT2D eigenvalue weighted by molar-refractivity contribution is -0.167. The largest absolute Gasteiger partial charge is 0.460 e. The fourth-order valence-corrected chi connectivity index (χ4v) is 3.16. The van der Waals surface area contributed by atoms with Gasteiger partial charge in [0.2, 0.25) is 0 Å². The maximum atomic E-state index is 12.4. The first-order valence-corrected chi connectivity index (χ1v) is 10.1. The van der Waals surface area contributed by atoms with Gasteiger partial charge in [-0.25, -0.2) is 4.79 Å². The first kappa shape index (κ1) is 23.6. The molecule has 2 amide bonds. The molecule has 1 heterocycles.